The Morgan fingerprint density at radius 2 is 1.92 bits per heavy atom. The van der Waals surface area contributed by atoms with Crippen LogP contribution in [0.3, 0.4) is 0 Å². The molecule has 0 saturated carbocycles. The van der Waals surface area contributed by atoms with Crippen LogP contribution in [0, 0.1) is 5.92 Å². The number of ether oxygens (including phenoxy) is 2. The molecule has 0 unspecified atom stereocenters. The van der Waals surface area contributed by atoms with Crippen molar-refractivity contribution in [3.05, 3.63) is 29.8 Å². The molecule has 1 aliphatic rings. The standard InChI is InChI=1S/C20H28N2O4/c1-3-13-26-17-7-5-15(14-18(17)25-4-2)6-8-19(23)22-11-9-16(10-12-22)20(21)24/h5-8,14,16H,3-4,9-13H2,1-2H3,(H2,21,24)/b8-6+. The minimum absolute atomic E-state index is 0.0582. The number of benzene rings is 1. The lowest BCUT2D eigenvalue weighted by Crippen LogP contribution is -2.41. The number of carbonyl (C=O) groups is 2. The molecule has 6 heteroatoms. The normalized spacial score (nSPS) is 15.2. The number of primary amides is 1. The van der Waals surface area contributed by atoms with Crippen LogP contribution < -0.4 is 15.2 Å². The van der Waals surface area contributed by atoms with E-state index in [0.717, 1.165) is 12.0 Å². The number of hydrogen-bond acceptors (Lipinski definition) is 4. The summed E-state index contributed by atoms with van der Waals surface area (Å²) in [5, 5.41) is 0. The van der Waals surface area contributed by atoms with Gasteiger partial charge in [-0.1, -0.05) is 13.0 Å². The fourth-order valence-corrected chi connectivity index (χ4v) is 2.89. The second-order valence-corrected chi connectivity index (χ2v) is 6.32. The molecule has 142 valence electrons. The molecule has 1 aromatic carbocycles. The quantitative estimate of drug-likeness (QED) is 0.723. The largest absolute Gasteiger partial charge is 0.490 e. The SMILES string of the molecule is CCCOc1ccc(/C=C/C(=O)N2CCC(C(N)=O)CC2)cc1OCC. The van der Waals surface area contributed by atoms with Gasteiger partial charge in [0.05, 0.1) is 13.2 Å². The van der Waals surface area contributed by atoms with E-state index < -0.39 is 0 Å². The smallest absolute Gasteiger partial charge is 0.246 e. The van der Waals surface area contributed by atoms with Gasteiger partial charge in [-0.3, -0.25) is 9.59 Å². The molecule has 2 N–H and O–H groups in total. The van der Waals surface area contributed by atoms with Crippen LogP contribution in [0.25, 0.3) is 6.08 Å². The number of rotatable bonds is 8. The van der Waals surface area contributed by atoms with Crippen molar-refractivity contribution in [2.45, 2.75) is 33.1 Å². The average molecular weight is 360 g/mol. The number of likely N-dealkylation sites (tertiary alicyclic amines) is 1. The van der Waals surface area contributed by atoms with E-state index in [2.05, 4.69) is 6.92 Å². The van der Waals surface area contributed by atoms with Crippen LogP contribution in [0.2, 0.25) is 0 Å². The summed E-state index contributed by atoms with van der Waals surface area (Å²) in [6.07, 6.45) is 5.52. The highest BCUT2D eigenvalue weighted by molar-refractivity contribution is 5.92. The molecule has 2 rings (SSSR count). The Kier molecular flexibility index (Phi) is 7.51. The summed E-state index contributed by atoms with van der Waals surface area (Å²) in [6.45, 7) is 6.27. The summed E-state index contributed by atoms with van der Waals surface area (Å²) in [5.41, 5.74) is 6.20. The van der Waals surface area contributed by atoms with E-state index >= 15 is 0 Å². The third kappa shape index (κ3) is 5.51. The van der Waals surface area contributed by atoms with Crippen molar-refractivity contribution >= 4 is 17.9 Å². The minimum atomic E-state index is -0.276. The zero-order valence-corrected chi connectivity index (χ0v) is 15.6. The summed E-state index contributed by atoms with van der Waals surface area (Å²) in [6, 6.07) is 5.64. The summed E-state index contributed by atoms with van der Waals surface area (Å²) >= 11 is 0. The first-order chi connectivity index (χ1) is 12.5. The van der Waals surface area contributed by atoms with Crippen molar-refractivity contribution in [1.29, 1.82) is 0 Å². The molecule has 0 spiro atoms. The van der Waals surface area contributed by atoms with E-state index in [1.54, 1.807) is 17.1 Å². The highest BCUT2D eigenvalue weighted by atomic mass is 16.5. The zero-order chi connectivity index (χ0) is 18.9. The second kappa shape index (κ2) is 9.85. The Hall–Kier alpha value is -2.50. The summed E-state index contributed by atoms with van der Waals surface area (Å²) in [5.74, 6) is 0.939. The predicted molar refractivity (Wildman–Crippen MR) is 101 cm³/mol. The molecular formula is C20H28N2O4. The van der Waals surface area contributed by atoms with Crippen LogP contribution in [-0.2, 0) is 9.59 Å². The minimum Gasteiger partial charge on any atom is -0.490 e. The van der Waals surface area contributed by atoms with Crippen molar-refractivity contribution in [1.82, 2.24) is 4.90 Å². The van der Waals surface area contributed by atoms with E-state index in [9.17, 15) is 9.59 Å². The van der Waals surface area contributed by atoms with Gasteiger partial charge in [0.15, 0.2) is 11.5 Å². The molecule has 26 heavy (non-hydrogen) atoms. The number of nitrogens with zero attached hydrogens (tertiary/aromatic N) is 1. The Bertz CT molecular complexity index is 649. The molecule has 0 aliphatic carbocycles. The summed E-state index contributed by atoms with van der Waals surface area (Å²) < 4.78 is 11.3. The van der Waals surface area contributed by atoms with E-state index in [1.165, 1.54) is 0 Å². The van der Waals surface area contributed by atoms with Gasteiger partial charge in [0, 0.05) is 25.1 Å². The second-order valence-electron chi connectivity index (χ2n) is 6.32. The number of carbonyl (C=O) groups excluding carboxylic acids is 2. The van der Waals surface area contributed by atoms with Gasteiger partial charge in [0.25, 0.3) is 0 Å². The van der Waals surface area contributed by atoms with Crippen LogP contribution in [0.1, 0.15) is 38.7 Å². The van der Waals surface area contributed by atoms with Crippen molar-refractivity contribution in [2.75, 3.05) is 26.3 Å². The molecular weight excluding hydrogens is 332 g/mol. The predicted octanol–water partition coefficient (Wildman–Crippen LogP) is 2.61. The molecule has 0 radical (unpaired) electrons. The van der Waals surface area contributed by atoms with Gasteiger partial charge < -0.3 is 20.1 Å². The first kappa shape index (κ1) is 19.8. The fraction of sp³-hybridized carbons (Fsp3) is 0.500. The van der Waals surface area contributed by atoms with Gasteiger partial charge in [0.1, 0.15) is 0 Å². The Balaban J connectivity index is 1.99. The first-order valence-corrected chi connectivity index (χ1v) is 9.21. The molecule has 1 aromatic rings. The molecule has 0 bridgehead atoms. The van der Waals surface area contributed by atoms with Crippen LogP contribution in [0.15, 0.2) is 24.3 Å². The lowest BCUT2D eigenvalue weighted by Gasteiger charge is -2.29. The van der Waals surface area contributed by atoms with Crippen molar-refractivity contribution in [3.63, 3.8) is 0 Å². The molecule has 1 saturated heterocycles. The Morgan fingerprint density at radius 1 is 1.19 bits per heavy atom. The van der Waals surface area contributed by atoms with E-state index in [1.807, 2.05) is 25.1 Å². The molecule has 1 heterocycles. The third-order valence-corrected chi connectivity index (χ3v) is 4.36. The van der Waals surface area contributed by atoms with Crippen LogP contribution in [0.4, 0.5) is 0 Å². The Morgan fingerprint density at radius 3 is 2.54 bits per heavy atom. The van der Waals surface area contributed by atoms with Gasteiger partial charge >= 0.3 is 0 Å². The zero-order valence-electron chi connectivity index (χ0n) is 15.6. The highest BCUT2D eigenvalue weighted by Gasteiger charge is 2.24. The molecule has 0 atom stereocenters. The van der Waals surface area contributed by atoms with Gasteiger partial charge in [-0.25, -0.2) is 0 Å². The van der Waals surface area contributed by atoms with Crippen LogP contribution >= 0.6 is 0 Å². The first-order valence-electron chi connectivity index (χ1n) is 9.21. The topological polar surface area (TPSA) is 81.9 Å². The summed E-state index contributed by atoms with van der Waals surface area (Å²) in [4.78, 5) is 25.3. The van der Waals surface area contributed by atoms with Crippen molar-refractivity contribution in [3.8, 4) is 11.5 Å². The molecule has 0 aromatic heterocycles. The number of nitrogens with two attached hydrogens (primary N) is 1. The number of piperidine rings is 1. The van der Waals surface area contributed by atoms with Gasteiger partial charge in [-0.05, 0) is 50.0 Å². The van der Waals surface area contributed by atoms with Crippen LogP contribution in [0.5, 0.6) is 11.5 Å². The molecule has 1 aliphatic heterocycles. The van der Waals surface area contributed by atoms with Crippen LogP contribution in [-0.4, -0.2) is 43.0 Å². The highest BCUT2D eigenvalue weighted by Crippen LogP contribution is 2.29. The maximum atomic E-state index is 12.3. The maximum absolute atomic E-state index is 12.3. The lowest BCUT2D eigenvalue weighted by molar-refractivity contribution is -0.130. The number of hydrogen-bond donors (Lipinski definition) is 1. The monoisotopic (exact) mass is 360 g/mol. The van der Waals surface area contributed by atoms with E-state index in [4.69, 9.17) is 15.2 Å². The lowest BCUT2D eigenvalue weighted by atomic mass is 9.96. The van der Waals surface area contributed by atoms with Crippen molar-refractivity contribution < 1.29 is 19.1 Å². The van der Waals surface area contributed by atoms with E-state index in [0.29, 0.717) is 50.6 Å². The molecule has 6 nitrogen and oxygen atoms in total. The van der Waals surface area contributed by atoms with Gasteiger partial charge in [-0.15, -0.1) is 0 Å². The fourth-order valence-electron chi connectivity index (χ4n) is 2.89. The van der Waals surface area contributed by atoms with Crippen molar-refractivity contribution in [2.24, 2.45) is 11.7 Å². The van der Waals surface area contributed by atoms with Gasteiger partial charge in [-0.2, -0.15) is 0 Å². The Labute approximate surface area is 154 Å². The van der Waals surface area contributed by atoms with Gasteiger partial charge in [0.2, 0.25) is 11.8 Å². The third-order valence-electron chi connectivity index (χ3n) is 4.36. The maximum Gasteiger partial charge on any atom is 0.246 e. The average Bonchev–Trinajstić information content (AvgIpc) is 2.65. The molecule has 2 amide bonds. The van der Waals surface area contributed by atoms with E-state index in [-0.39, 0.29) is 17.7 Å². The molecule has 1 fully saturated rings. The number of amides is 2. The summed E-state index contributed by atoms with van der Waals surface area (Å²) in [7, 11) is 0.